The standard InChI is InChI=1S/C24H24ClNO4/c1-4-29-23-12-6-17(24(27)26-22-14-19(25)7-5-16(22)2)13-18(23)15-30-21-10-8-20(28-3)9-11-21/h5-14H,4,15H2,1-3H3,(H,26,27). The monoisotopic (exact) mass is 425 g/mol. The van der Waals surface area contributed by atoms with Crippen molar-refractivity contribution in [2.24, 2.45) is 0 Å². The van der Waals surface area contributed by atoms with E-state index in [0.717, 1.165) is 16.9 Å². The summed E-state index contributed by atoms with van der Waals surface area (Å²) in [6.45, 7) is 4.61. The Kier molecular flexibility index (Phi) is 7.20. The van der Waals surface area contributed by atoms with Crippen molar-refractivity contribution in [3.63, 3.8) is 0 Å². The lowest BCUT2D eigenvalue weighted by atomic mass is 10.1. The third-order valence-corrected chi connectivity index (χ3v) is 4.76. The van der Waals surface area contributed by atoms with E-state index in [1.807, 2.05) is 44.2 Å². The van der Waals surface area contributed by atoms with Crippen LogP contribution in [0.4, 0.5) is 5.69 Å². The highest BCUT2D eigenvalue weighted by Crippen LogP contribution is 2.25. The first kappa shape index (κ1) is 21.5. The molecule has 0 unspecified atom stereocenters. The minimum Gasteiger partial charge on any atom is -0.497 e. The summed E-state index contributed by atoms with van der Waals surface area (Å²) in [7, 11) is 1.62. The molecular weight excluding hydrogens is 402 g/mol. The van der Waals surface area contributed by atoms with E-state index in [9.17, 15) is 4.79 Å². The van der Waals surface area contributed by atoms with Crippen LogP contribution in [-0.2, 0) is 6.61 Å². The maximum absolute atomic E-state index is 12.8. The van der Waals surface area contributed by atoms with E-state index in [-0.39, 0.29) is 12.5 Å². The third kappa shape index (κ3) is 5.45. The molecule has 0 spiro atoms. The Morgan fingerprint density at radius 3 is 2.40 bits per heavy atom. The summed E-state index contributed by atoms with van der Waals surface area (Å²) in [5.41, 5.74) is 2.90. The van der Waals surface area contributed by atoms with Crippen molar-refractivity contribution in [1.82, 2.24) is 0 Å². The zero-order chi connectivity index (χ0) is 21.5. The van der Waals surface area contributed by atoms with Gasteiger partial charge < -0.3 is 19.5 Å². The average molecular weight is 426 g/mol. The van der Waals surface area contributed by atoms with E-state index >= 15 is 0 Å². The Morgan fingerprint density at radius 2 is 1.70 bits per heavy atom. The first-order chi connectivity index (χ1) is 14.5. The number of ether oxygens (including phenoxy) is 3. The Hall–Kier alpha value is -3.18. The molecule has 0 saturated heterocycles. The number of amides is 1. The molecule has 0 aliphatic rings. The van der Waals surface area contributed by atoms with Crippen LogP contribution < -0.4 is 19.5 Å². The number of methoxy groups -OCH3 is 1. The molecule has 30 heavy (non-hydrogen) atoms. The lowest BCUT2D eigenvalue weighted by Crippen LogP contribution is -2.14. The van der Waals surface area contributed by atoms with Crippen molar-refractivity contribution in [3.8, 4) is 17.2 Å². The van der Waals surface area contributed by atoms with Crippen LogP contribution in [0.3, 0.4) is 0 Å². The van der Waals surface area contributed by atoms with Crippen molar-refractivity contribution < 1.29 is 19.0 Å². The van der Waals surface area contributed by atoms with Gasteiger partial charge in [-0.2, -0.15) is 0 Å². The first-order valence-electron chi connectivity index (χ1n) is 9.60. The number of hydrogen-bond acceptors (Lipinski definition) is 4. The lowest BCUT2D eigenvalue weighted by molar-refractivity contribution is 0.102. The van der Waals surface area contributed by atoms with Crippen LogP contribution >= 0.6 is 11.6 Å². The summed E-state index contributed by atoms with van der Waals surface area (Å²) in [5.74, 6) is 1.91. The van der Waals surface area contributed by atoms with Gasteiger partial charge in [0.2, 0.25) is 0 Å². The second-order valence-electron chi connectivity index (χ2n) is 6.63. The van der Waals surface area contributed by atoms with E-state index < -0.39 is 0 Å². The molecule has 0 aliphatic carbocycles. The van der Waals surface area contributed by atoms with Gasteiger partial charge in [0.05, 0.1) is 13.7 Å². The molecule has 0 bridgehead atoms. The second kappa shape index (κ2) is 10.0. The zero-order valence-corrected chi connectivity index (χ0v) is 18.0. The molecule has 1 N–H and O–H groups in total. The van der Waals surface area contributed by atoms with Gasteiger partial charge >= 0.3 is 0 Å². The smallest absolute Gasteiger partial charge is 0.255 e. The normalized spacial score (nSPS) is 10.4. The van der Waals surface area contributed by atoms with Crippen LogP contribution in [-0.4, -0.2) is 19.6 Å². The molecule has 5 nitrogen and oxygen atoms in total. The van der Waals surface area contributed by atoms with Gasteiger partial charge in [0, 0.05) is 21.8 Å². The van der Waals surface area contributed by atoms with Crippen LogP contribution in [0, 0.1) is 6.92 Å². The Morgan fingerprint density at radius 1 is 0.967 bits per heavy atom. The van der Waals surface area contributed by atoms with E-state index in [0.29, 0.717) is 34.4 Å². The fourth-order valence-corrected chi connectivity index (χ4v) is 3.06. The Bertz CT molecular complexity index is 1020. The summed E-state index contributed by atoms with van der Waals surface area (Å²) in [6.07, 6.45) is 0. The van der Waals surface area contributed by atoms with Gasteiger partial charge in [0.15, 0.2) is 0 Å². The number of nitrogens with one attached hydrogen (secondary N) is 1. The highest BCUT2D eigenvalue weighted by atomic mass is 35.5. The summed E-state index contributed by atoms with van der Waals surface area (Å²) in [4.78, 5) is 12.8. The molecule has 0 radical (unpaired) electrons. The van der Waals surface area contributed by atoms with Crippen LogP contribution in [0.25, 0.3) is 0 Å². The molecule has 3 aromatic rings. The van der Waals surface area contributed by atoms with Crippen LogP contribution in [0.5, 0.6) is 17.2 Å². The number of benzene rings is 3. The van der Waals surface area contributed by atoms with Crippen LogP contribution in [0.15, 0.2) is 60.7 Å². The highest BCUT2D eigenvalue weighted by Gasteiger charge is 2.13. The average Bonchev–Trinajstić information content (AvgIpc) is 2.76. The molecule has 1 amide bonds. The van der Waals surface area contributed by atoms with E-state index in [1.165, 1.54) is 0 Å². The van der Waals surface area contributed by atoms with Gasteiger partial charge in [0.1, 0.15) is 23.9 Å². The summed E-state index contributed by atoms with van der Waals surface area (Å²) in [5, 5.41) is 3.48. The maximum atomic E-state index is 12.8. The van der Waals surface area contributed by atoms with Crippen molar-refractivity contribution >= 4 is 23.2 Å². The fraction of sp³-hybridized carbons (Fsp3) is 0.208. The number of anilines is 1. The molecule has 0 fully saturated rings. The largest absolute Gasteiger partial charge is 0.497 e. The molecular formula is C24H24ClNO4. The summed E-state index contributed by atoms with van der Waals surface area (Å²) < 4.78 is 16.7. The van der Waals surface area contributed by atoms with Gasteiger partial charge in [-0.15, -0.1) is 0 Å². The van der Waals surface area contributed by atoms with Crippen LogP contribution in [0.2, 0.25) is 5.02 Å². The summed E-state index contributed by atoms with van der Waals surface area (Å²) in [6, 6.07) is 18.0. The van der Waals surface area contributed by atoms with E-state index in [2.05, 4.69) is 5.32 Å². The molecule has 3 aromatic carbocycles. The highest BCUT2D eigenvalue weighted by molar-refractivity contribution is 6.31. The predicted octanol–water partition coefficient (Wildman–Crippen LogP) is 5.89. The fourth-order valence-electron chi connectivity index (χ4n) is 2.89. The van der Waals surface area contributed by atoms with Gasteiger partial charge in [-0.3, -0.25) is 4.79 Å². The molecule has 0 aromatic heterocycles. The van der Waals surface area contributed by atoms with Crippen molar-refractivity contribution in [2.75, 3.05) is 19.0 Å². The second-order valence-corrected chi connectivity index (χ2v) is 7.07. The van der Waals surface area contributed by atoms with Crippen molar-refractivity contribution in [2.45, 2.75) is 20.5 Å². The number of halogens is 1. The molecule has 0 atom stereocenters. The topological polar surface area (TPSA) is 56.8 Å². The number of rotatable bonds is 8. The maximum Gasteiger partial charge on any atom is 0.255 e. The molecule has 0 aliphatic heterocycles. The molecule has 156 valence electrons. The first-order valence-corrected chi connectivity index (χ1v) is 9.98. The molecule has 0 saturated carbocycles. The lowest BCUT2D eigenvalue weighted by Gasteiger charge is -2.14. The van der Waals surface area contributed by atoms with Crippen molar-refractivity contribution in [1.29, 1.82) is 0 Å². The molecule has 0 heterocycles. The van der Waals surface area contributed by atoms with E-state index in [1.54, 1.807) is 37.4 Å². The molecule has 6 heteroatoms. The Balaban J connectivity index is 1.78. The number of carbonyl (C=O) groups excluding carboxylic acids is 1. The SMILES string of the molecule is CCOc1ccc(C(=O)Nc2cc(Cl)ccc2C)cc1COc1ccc(OC)cc1. The predicted molar refractivity (Wildman–Crippen MR) is 119 cm³/mol. The number of carbonyl (C=O) groups is 1. The number of hydrogen-bond donors (Lipinski definition) is 1. The third-order valence-electron chi connectivity index (χ3n) is 4.52. The van der Waals surface area contributed by atoms with Gasteiger partial charge in [-0.1, -0.05) is 17.7 Å². The summed E-state index contributed by atoms with van der Waals surface area (Å²) >= 11 is 6.05. The van der Waals surface area contributed by atoms with Gasteiger partial charge in [0.25, 0.3) is 5.91 Å². The Labute approximate surface area is 181 Å². The van der Waals surface area contributed by atoms with Gasteiger partial charge in [-0.25, -0.2) is 0 Å². The molecule has 3 rings (SSSR count). The quantitative estimate of drug-likeness (QED) is 0.489. The zero-order valence-electron chi connectivity index (χ0n) is 17.2. The van der Waals surface area contributed by atoms with Crippen molar-refractivity contribution in [3.05, 3.63) is 82.4 Å². The minimum absolute atomic E-state index is 0.228. The number of aryl methyl sites for hydroxylation is 1. The minimum atomic E-state index is -0.228. The van der Waals surface area contributed by atoms with E-state index in [4.69, 9.17) is 25.8 Å². The van der Waals surface area contributed by atoms with Gasteiger partial charge in [-0.05, 0) is 74.0 Å². The van der Waals surface area contributed by atoms with Crippen LogP contribution in [0.1, 0.15) is 28.4 Å².